The molecule has 0 aromatic carbocycles. The average molecular weight is 224 g/mol. The highest BCUT2D eigenvalue weighted by Crippen LogP contribution is 2.20. The van der Waals surface area contributed by atoms with Crippen LogP contribution in [0.5, 0.6) is 0 Å². The lowest BCUT2D eigenvalue weighted by atomic mass is 10.2. The molecule has 0 spiro atoms. The molecule has 2 aromatic heterocycles. The molecule has 0 saturated heterocycles. The SMILES string of the molecule is CCC(N)Cc1noc(-c2cncs2)n1. The molecule has 1 unspecified atom stereocenters. The molecule has 15 heavy (non-hydrogen) atoms. The lowest BCUT2D eigenvalue weighted by Gasteiger charge is -2.02. The Morgan fingerprint density at radius 1 is 1.60 bits per heavy atom. The number of hydrogen-bond donors (Lipinski definition) is 1. The largest absolute Gasteiger partial charge is 0.333 e. The van der Waals surface area contributed by atoms with Crippen molar-refractivity contribution in [3.63, 3.8) is 0 Å². The monoisotopic (exact) mass is 224 g/mol. The lowest BCUT2D eigenvalue weighted by molar-refractivity contribution is 0.420. The maximum Gasteiger partial charge on any atom is 0.269 e. The van der Waals surface area contributed by atoms with Crippen LogP contribution in [-0.4, -0.2) is 21.2 Å². The summed E-state index contributed by atoms with van der Waals surface area (Å²) < 4.78 is 5.11. The summed E-state index contributed by atoms with van der Waals surface area (Å²) >= 11 is 1.48. The topological polar surface area (TPSA) is 77.8 Å². The standard InChI is InChI=1S/C9H12N4OS/c1-2-6(10)3-8-12-9(14-13-8)7-4-11-5-15-7/h4-6H,2-3,10H2,1H3. The summed E-state index contributed by atoms with van der Waals surface area (Å²) in [5.41, 5.74) is 7.53. The van der Waals surface area contributed by atoms with Gasteiger partial charge in [-0.15, -0.1) is 11.3 Å². The Kier molecular flexibility index (Phi) is 3.08. The molecule has 0 aliphatic carbocycles. The van der Waals surface area contributed by atoms with E-state index in [4.69, 9.17) is 10.3 Å². The van der Waals surface area contributed by atoms with Gasteiger partial charge in [-0.1, -0.05) is 12.1 Å². The Balaban J connectivity index is 2.11. The Morgan fingerprint density at radius 3 is 3.13 bits per heavy atom. The van der Waals surface area contributed by atoms with Crippen LogP contribution in [0, 0.1) is 0 Å². The van der Waals surface area contributed by atoms with Gasteiger partial charge >= 0.3 is 0 Å². The number of aromatic nitrogens is 3. The fourth-order valence-corrected chi connectivity index (χ4v) is 1.68. The summed E-state index contributed by atoms with van der Waals surface area (Å²) in [7, 11) is 0. The van der Waals surface area contributed by atoms with Crippen molar-refractivity contribution < 1.29 is 4.52 Å². The van der Waals surface area contributed by atoms with Crippen molar-refractivity contribution in [1.29, 1.82) is 0 Å². The molecule has 80 valence electrons. The van der Waals surface area contributed by atoms with Crippen molar-refractivity contribution in [1.82, 2.24) is 15.1 Å². The molecule has 1 atom stereocenters. The second-order valence-corrected chi connectivity index (χ2v) is 4.14. The molecule has 2 aromatic rings. The first kappa shape index (κ1) is 10.3. The minimum Gasteiger partial charge on any atom is -0.333 e. The van der Waals surface area contributed by atoms with Crippen molar-refractivity contribution >= 4 is 11.3 Å². The molecule has 0 amide bonds. The van der Waals surface area contributed by atoms with E-state index in [2.05, 4.69) is 15.1 Å². The van der Waals surface area contributed by atoms with E-state index in [9.17, 15) is 0 Å². The molecule has 0 radical (unpaired) electrons. The van der Waals surface area contributed by atoms with Crippen LogP contribution in [-0.2, 0) is 6.42 Å². The third-order valence-corrected chi connectivity index (χ3v) is 2.84. The molecule has 0 fully saturated rings. The van der Waals surface area contributed by atoms with E-state index in [1.807, 2.05) is 6.92 Å². The van der Waals surface area contributed by atoms with Gasteiger partial charge in [0.25, 0.3) is 5.89 Å². The predicted molar refractivity (Wildman–Crippen MR) is 57.4 cm³/mol. The molecule has 6 heteroatoms. The number of rotatable bonds is 4. The lowest BCUT2D eigenvalue weighted by Crippen LogP contribution is -2.21. The van der Waals surface area contributed by atoms with E-state index in [0.29, 0.717) is 18.1 Å². The molecule has 0 aliphatic rings. The van der Waals surface area contributed by atoms with Gasteiger partial charge in [-0.2, -0.15) is 4.98 Å². The zero-order valence-corrected chi connectivity index (χ0v) is 9.20. The van der Waals surface area contributed by atoms with Crippen molar-refractivity contribution in [2.75, 3.05) is 0 Å². The summed E-state index contributed by atoms with van der Waals surface area (Å²) in [5.74, 6) is 1.18. The first-order chi connectivity index (χ1) is 7.29. The van der Waals surface area contributed by atoms with Crippen LogP contribution in [0.1, 0.15) is 19.2 Å². The first-order valence-electron chi connectivity index (χ1n) is 4.76. The second kappa shape index (κ2) is 4.50. The maximum atomic E-state index is 5.80. The molecule has 2 heterocycles. The number of thiazole rings is 1. The van der Waals surface area contributed by atoms with Crippen LogP contribution >= 0.6 is 11.3 Å². The Labute approximate surface area is 91.3 Å². The summed E-state index contributed by atoms with van der Waals surface area (Å²) in [6, 6.07) is 0.0944. The minimum absolute atomic E-state index is 0.0944. The van der Waals surface area contributed by atoms with Crippen molar-refractivity contribution in [2.24, 2.45) is 5.73 Å². The van der Waals surface area contributed by atoms with E-state index in [1.54, 1.807) is 11.7 Å². The normalized spacial score (nSPS) is 12.9. The number of nitrogens with two attached hydrogens (primary N) is 1. The summed E-state index contributed by atoms with van der Waals surface area (Å²) in [6.07, 6.45) is 3.27. The van der Waals surface area contributed by atoms with Crippen LogP contribution in [0.25, 0.3) is 10.8 Å². The highest BCUT2D eigenvalue weighted by atomic mass is 32.1. The fourth-order valence-electron chi connectivity index (χ4n) is 1.14. The van der Waals surface area contributed by atoms with Crippen molar-refractivity contribution in [3.8, 4) is 10.8 Å². The molecular formula is C9H12N4OS. The number of nitrogens with zero attached hydrogens (tertiary/aromatic N) is 3. The van der Waals surface area contributed by atoms with Gasteiger partial charge in [-0.25, -0.2) is 0 Å². The van der Waals surface area contributed by atoms with Gasteiger partial charge in [-0.05, 0) is 6.42 Å². The minimum atomic E-state index is 0.0944. The van der Waals surface area contributed by atoms with Gasteiger partial charge in [0.1, 0.15) is 4.88 Å². The maximum absolute atomic E-state index is 5.80. The van der Waals surface area contributed by atoms with Crippen LogP contribution in [0.15, 0.2) is 16.2 Å². The third kappa shape index (κ3) is 2.40. The van der Waals surface area contributed by atoms with Crippen molar-refractivity contribution in [2.45, 2.75) is 25.8 Å². The van der Waals surface area contributed by atoms with Gasteiger partial charge in [-0.3, -0.25) is 4.98 Å². The van der Waals surface area contributed by atoms with Gasteiger partial charge in [0.15, 0.2) is 5.82 Å². The molecule has 0 saturated carbocycles. The Bertz CT molecular complexity index is 411. The predicted octanol–water partition coefficient (Wildman–Crippen LogP) is 1.47. The third-order valence-electron chi connectivity index (χ3n) is 2.08. The highest BCUT2D eigenvalue weighted by molar-refractivity contribution is 7.13. The number of hydrogen-bond acceptors (Lipinski definition) is 6. The molecule has 2 N–H and O–H groups in total. The smallest absolute Gasteiger partial charge is 0.269 e. The van der Waals surface area contributed by atoms with Gasteiger partial charge < -0.3 is 10.3 Å². The molecule has 2 rings (SSSR count). The van der Waals surface area contributed by atoms with Gasteiger partial charge in [0.05, 0.1) is 11.7 Å². The van der Waals surface area contributed by atoms with Crippen LogP contribution < -0.4 is 5.73 Å². The summed E-state index contributed by atoms with van der Waals surface area (Å²) in [6.45, 7) is 2.04. The Hall–Kier alpha value is -1.27. The first-order valence-corrected chi connectivity index (χ1v) is 5.64. The molecular weight excluding hydrogens is 212 g/mol. The van der Waals surface area contributed by atoms with Gasteiger partial charge in [0.2, 0.25) is 0 Å². The van der Waals surface area contributed by atoms with Crippen LogP contribution in [0.4, 0.5) is 0 Å². The molecule has 0 aliphatic heterocycles. The molecule has 0 bridgehead atoms. The molecule has 5 nitrogen and oxygen atoms in total. The van der Waals surface area contributed by atoms with E-state index >= 15 is 0 Å². The van der Waals surface area contributed by atoms with Crippen LogP contribution in [0.2, 0.25) is 0 Å². The quantitative estimate of drug-likeness (QED) is 0.850. The van der Waals surface area contributed by atoms with Crippen molar-refractivity contribution in [3.05, 3.63) is 17.5 Å². The van der Waals surface area contributed by atoms with E-state index in [-0.39, 0.29) is 6.04 Å². The van der Waals surface area contributed by atoms with E-state index in [1.165, 1.54) is 11.3 Å². The van der Waals surface area contributed by atoms with Gasteiger partial charge in [0, 0.05) is 12.5 Å². The summed E-state index contributed by atoms with van der Waals surface area (Å²) in [4.78, 5) is 9.09. The Morgan fingerprint density at radius 2 is 2.47 bits per heavy atom. The summed E-state index contributed by atoms with van der Waals surface area (Å²) in [5, 5.41) is 3.87. The zero-order valence-electron chi connectivity index (χ0n) is 8.38. The highest BCUT2D eigenvalue weighted by Gasteiger charge is 2.11. The fraction of sp³-hybridized carbons (Fsp3) is 0.444. The zero-order chi connectivity index (χ0) is 10.7. The van der Waals surface area contributed by atoms with E-state index < -0.39 is 0 Å². The van der Waals surface area contributed by atoms with Crippen LogP contribution in [0.3, 0.4) is 0 Å². The average Bonchev–Trinajstić information content (AvgIpc) is 2.85. The van der Waals surface area contributed by atoms with E-state index in [0.717, 1.165) is 11.3 Å². The second-order valence-electron chi connectivity index (χ2n) is 3.25.